The van der Waals surface area contributed by atoms with Gasteiger partial charge in [-0.3, -0.25) is 4.79 Å². The molecule has 0 aliphatic heterocycles. The third-order valence-corrected chi connectivity index (χ3v) is 3.50. The highest BCUT2D eigenvalue weighted by atomic mass is 16.1. The van der Waals surface area contributed by atoms with E-state index in [2.05, 4.69) is 11.4 Å². The first-order valence-electron chi connectivity index (χ1n) is 6.16. The van der Waals surface area contributed by atoms with Crippen LogP contribution < -0.4 is 11.1 Å². The van der Waals surface area contributed by atoms with Gasteiger partial charge in [0.05, 0.1) is 6.42 Å². The molecule has 1 amide bonds. The second-order valence-electron chi connectivity index (χ2n) is 5.15. The molecule has 3 nitrogen and oxygen atoms in total. The number of amides is 1. The van der Waals surface area contributed by atoms with Crippen LogP contribution in [-0.4, -0.2) is 19.0 Å². The Bertz CT molecular complexity index is 410. The standard InChI is InChI=1S/C14H20N2O/c1-11-3-2-4-12(7-11)8-13(17)16-10-14(9-15)5-6-14/h2-4,7H,5-6,8-10,15H2,1H3,(H,16,17). The fourth-order valence-corrected chi connectivity index (χ4v) is 1.99. The number of nitrogens with two attached hydrogens (primary N) is 1. The molecule has 0 aromatic heterocycles. The van der Waals surface area contributed by atoms with Crippen LogP contribution in [0.1, 0.15) is 24.0 Å². The van der Waals surface area contributed by atoms with E-state index in [-0.39, 0.29) is 11.3 Å². The van der Waals surface area contributed by atoms with Gasteiger partial charge in [-0.05, 0) is 37.3 Å². The monoisotopic (exact) mass is 232 g/mol. The summed E-state index contributed by atoms with van der Waals surface area (Å²) in [6.07, 6.45) is 2.75. The predicted octanol–water partition coefficient (Wildman–Crippen LogP) is 1.39. The number of hydrogen-bond acceptors (Lipinski definition) is 2. The molecule has 0 heterocycles. The van der Waals surface area contributed by atoms with Gasteiger partial charge in [-0.25, -0.2) is 0 Å². The van der Waals surface area contributed by atoms with Crippen molar-refractivity contribution < 1.29 is 4.79 Å². The zero-order valence-electron chi connectivity index (χ0n) is 10.3. The van der Waals surface area contributed by atoms with Crippen LogP contribution in [-0.2, 0) is 11.2 Å². The van der Waals surface area contributed by atoms with Gasteiger partial charge in [0.1, 0.15) is 0 Å². The van der Waals surface area contributed by atoms with Crippen LogP contribution in [0.25, 0.3) is 0 Å². The highest BCUT2D eigenvalue weighted by Gasteiger charge is 2.41. The van der Waals surface area contributed by atoms with Gasteiger partial charge in [0.25, 0.3) is 0 Å². The van der Waals surface area contributed by atoms with Gasteiger partial charge in [-0.1, -0.05) is 29.8 Å². The van der Waals surface area contributed by atoms with Gasteiger partial charge in [-0.2, -0.15) is 0 Å². The molecule has 17 heavy (non-hydrogen) atoms. The van der Waals surface area contributed by atoms with Gasteiger partial charge in [0, 0.05) is 6.54 Å². The molecule has 0 saturated heterocycles. The lowest BCUT2D eigenvalue weighted by molar-refractivity contribution is -0.120. The molecule has 1 fully saturated rings. The van der Waals surface area contributed by atoms with E-state index in [1.807, 2.05) is 25.1 Å². The number of aryl methyl sites for hydroxylation is 1. The molecule has 2 rings (SSSR count). The van der Waals surface area contributed by atoms with Crippen LogP contribution in [0, 0.1) is 12.3 Å². The third kappa shape index (κ3) is 3.30. The summed E-state index contributed by atoms with van der Waals surface area (Å²) in [4.78, 5) is 11.8. The van der Waals surface area contributed by atoms with E-state index in [4.69, 9.17) is 5.73 Å². The maximum absolute atomic E-state index is 11.8. The smallest absolute Gasteiger partial charge is 0.224 e. The van der Waals surface area contributed by atoms with E-state index in [1.165, 1.54) is 5.56 Å². The molecule has 1 saturated carbocycles. The van der Waals surface area contributed by atoms with Crippen molar-refractivity contribution in [1.29, 1.82) is 0 Å². The van der Waals surface area contributed by atoms with E-state index in [0.717, 1.165) is 24.9 Å². The molecule has 3 N–H and O–H groups in total. The Balaban J connectivity index is 1.81. The molecule has 1 aliphatic rings. The Labute approximate surface area is 102 Å². The van der Waals surface area contributed by atoms with Crippen LogP contribution in [0.5, 0.6) is 0 Å². The lowest BCUT2D eigenvalue weighted by Crippen LogP contribution is -2.34. The quantitative estimate of drug-likeness (QED) is 0.806. The van der Waals surface area contributed by atoms with Crippen LogP contribution in [0.3, 0.4) is 0 Å². The SMILES string of the molecule is Cc1cccc(CC(=O)NCC2(CN)CC2)c1. The van der Waals surface area contributed by atoms with Crippen LogP contribution >= 0.6 is 0 Å². The maximum Gasteiger partial charge on any atom is 0.224 e. The number of carbonyl (C=O) groups is 1. The van der Waals surface area contributed by atoms with Crippen molar-refractivity contribution >= 4 is 5.91 Å². The first kappa shape index (κ1) is 12.1. The van der Waals surface area contributed by atoms with Crippen molar-refractivity contribution in [2.45, 2.75) is 26.2 Å². The summed E-state index contributed by atoms with van der Waals surface area (Å²) in [5, 5.41) is 2.99. The normalized spacial score (nSPS) is 16.6. The molecule has 1 aromatic rings. The van der Waals surface area contributed by atoms with Crippen molar-refractivity contribution in [3.63, 3.8) is 0 Å². The molecule has 1 aliphatic carbocycles. The summed E-state index contributed by atoms with van der Waals surface area (Å²) in [5.41, 5.74) is 8.15. The molecule has 1 aromatic carbocycles. The van der Waals surface area contributed by atoms with Gasteiger partial charge in [0.2, 0.25) is 5.91 Å². The second kappa shape index (κ2) is 4.88. The molecule has 92 valence electrons. The summed E-state index contributed by atoms with van der Waals surface area (Å²) in [6, 6.07) is 8.06. The minimum atomic E-state index is 0.0929. The van der Waals surface area contributed by atoms with E-state index < -0.39 is 0 Å². The fourth-order valence-electron chi connectivity index (χ4n) is 1.99. The average Bonchev–Trinajstić information content (AvgIpc) is 3.07. The van der Waals surface area contributed by atoms with Crippen molar-refractivity contribution in [1.82, 2.24) is 5.32 Å². The second-order valence-corrected chi connectivity index (χ2v) is 5.15. The molecular weight excluding hydrogens is 212 g/mol. The summed E-state index contributed by atoms with van der Waals surface area (Å²) >= 11 is 0. The molecule has 0 unspecified atom stereocenters. The number of benzene rings is 1. The van der Waals surface area contributed by atoms with Gasteiger partial charge >= 0.3 is 0 Å². The van der Waals surface area contributed by atoms with Crippen molar-refractivity contribution in [3.8, 4) is 0 Å². The van der Waals surface area contributed by atoms with Crippen molar-refractivity contribution in [3.05, 3.63) is 35.4 Å². The molecule has 0 spiro atoms. The summed E-state index contributed by atoms with van der Waals surface area (Å²) in [7, 11) is 0. The lowest BCUT2D eigenvalue weighted by Gasteiger charge is -2.13. The Hall–Kier alpha value is -1.35. The lowest BCUT2D eigenvalue weighted by atomic mass is 10.1. The Morgan fingerprint density at radius 1 is 1.47 bits per heavy atom. The van der Waals surface area contributed by atoms with Crippen molar-refractivity contribution in [2.24, 2.45) is 11.1 Å². The highest BCUT2D eigenvalue weighted by molar-refractivity contribution is 5.78. The van der Waals surface area contributed by atoms with Crippen LogP contribution in [0.2, 0.25) is 0 Å². The predicted molar refractivity (Wildman–Crippen MR) is 68.6 cm³/mol. The van der Waals surface area contributed by atoms with Crippen LogP contribution in [0.15, 0.2) is 24.3 Å². The average molecular weight is 232 g/mol. The number of rotatable bonds is 5. The zero-order chi connectivity index (χ0) is 12.3. The van der Waals surface area contributed by atoms with E-state index in [0.29, 0.717) is 13.0 Å². The Morgan fingerprint density at radius 3 is 2.82 bits per heavy atom. The highest BCUT2D eigenvalue weighted by Crippen LogP contribution is 2.43. The summed E-state index contributed by atoms with van der Waals surface area (Å²) in [6.45, 7) is 3.45. The minimum Gasteiger partial charge on any atom is -0.355 e. The van der Waals surface area contributed by atoms with Gasteiger partial charge in [0.15, 0.2) is 0 Å². The Kier molecular flexibility index (Phi) is 3.48. The van der Waals surface area contributed by atoms with E-state index in [1.54, 1.807) is 0 Å². The maximum atomic E-state index is 11.8. The van der Waals surface area contributed by atoms with Gasteiger partial charge in [-0.15, -0.1) is 0 Å². The summed E-state index contributed by atoms with van der Waals surface area (Å²) in [5.74, 6) is 0.0929. The minimum absolute atomic E-state index is 0.0929. The number of carbonyl (C=O) groups excluding carboxylic acids is 1. The molecule has 0 atom stereocenters. The van der Waals surface area contributed by atoms with Gasteiger partial charge < -0.3 is 11.1 Å². The third-order valence-electron chi connectivity index (χ3n) is 3.50. The van der Waals surface area contributed by atoms with Crippen LogP contribution in [0.4, 0.5) is 0 Å². The number of nitrogens with one attached hydrogen (secondary N) is 1. The van der Waals surface area contributed by atoms with E-state index >= 15 is 0 Å². The van der Waals surface area contributed by atoms with Crippen molar-refractivity contribution in [2.75, 3.05) is 13.1 Å². The molecular formula is C14H20N2O. The topological polar surface area (TPSA) is 55.1 Å². The Morgan fingerprint density at radius 2 is 2.24 bits per heavy atom. The molecule has 3 heteroatoms. The summed E-state index contributed by atoms with van der Waals surface area (Å²) < 4.78 is 0. The fraction of sp³-hybridized carbons (Fsp3) is 0.500. The largest absolute Gasteiger partial charge is 0.355 e. The van der Waals surface area contributed by atoms with E-state index in [9.17, 15) is 4.79 Å². The first-order chi connectivity index (χ1) is 8.13. The zero-order valence-corrected chi connectivity index (χ0v) is 10.3. The first-order valence-corrected chi connectivity index (χ1v) is 6.16. The molecule has 0 radical (unpaired) electrons. The number of hydrogen-bond donors (Lipinski definition) is 2. The molecule has 0 bridgehead atoms.